The van der Waals surface area contributed by atoms with Crippen molar-refractivity contribution in [1.29, 1.82) is 0 Å². The Bertz CT molecular complexity index is 1050. The number of hydrogen-bond acceptors (Lipinski definition) is 4. The van der Waals surface area contributed by atoms with E-state index < -0.39 is 15.9 Å². The average Bonchev–Trinajstić information content (AvgIpc) is 3.15. The second kappa shape index (κ2) is 9.62. The predicted octanol–water partition coefficient (Wildman–Crippen LogP) is 2.69. The third-order valence-electron chi connectivity index (χ3n) is 5.70. The van der Waals surface area contributed by atoms with E-state index in [9.17, 15) is 18.0 Å². The van der Waals surface area contributed by atoms with Gasteiger partial charge in [0.2, 0.25) is 21.8 Å². The molecular weight excluding hydrogens is 414 g/mol. The lowest BCUT2D eigenvalue weighted by atomic mass is 10.1. The number of anilines is 1. The highest BCUT2D eigenvalue weighted by molar-refractivity contribution is 7.89. The van der Waals surface area contributed by atoms with Crippen LogP contribution >= 0.6 is 0 Å². The first-order valence-electron chi connectivity index (χ1n) is 10.5. The van der Waals surface area contributed by atoms with Crippen molar-refractivity contribution in [2.24, 2.45) is 5.92 Å². The van der Waals surface area contributed by atoms with Crippen LogP contribution in [0, 0.1) is 12.8 Å². The van der Waals surface area contributed by atoms with Crippen molar-refractivity contribution in [3.63, 3.8) is 0 Å². The number of amides is 2. The summed E-state index contributed by atoms with van der Waals surface area (Å²) < 4.78 is 26.7. The highest BCUT2D eigenvalue weighted by atomic mass is 32.2. The van der Waals surface area contributed by atoms with E-state index in [4.69, 9.17) is 0 Å². The first-order chi connectivity index (χ1) is 14.8. The summed E-state index contributed by atoms with van der Waals surface area (Å²) >= 11 is 0. The summed E-state index contributed by atoms with van der Waals surface area (Å²) in [6, 6.07) is 14.1. The average molecular weight is 444 g/mol. The molecule has 0 bridgehead atoms. The van der Waals surface area contributed by atoms with Gasteiger partial charge in [0.1, 0.15) is 0 Å². The van der Waals surface area contributed by atoms with Crippen LogP contribution in [0.15, 0.2) is 53.4 Å². The molecule has 1 saturated heterocycles. The Morgan fingerprint density at radius 1 is 1.10 bits per heavy atom. The van der Waals surface area contributed by atoms with Crippen LogP contribution in [0.25, 0.3) is 0 Å². The maximum Gasteiger partial charge on any atom is 0.243 e. The number of carbonyl (C=O) groups is 2. The SMILES string of the molecule is CCN(CC)S(=O)(=O)c1ccc(N2CC(C(=O)NCc3ccccc3C)CC2=O)cc1. The zero-order valence-electron chi connectivity index (χ0n) is 18.2. The minimum Gasteiger partial charge on any atom is -0.352 e. The molecule has 0 aliphatic carbocycles. The summed E-state index contributed by atoms with van der Waals surface area (Å²) in [5.41, 5.74) is 2.74. The fraction of sp³-hybridized carbons (Fsp3) is 0.391. The van der Waals surface area contributed by atoms with Gasteiger partial charge in [0.25, 0.3) is 0 Å². The molecule has 166 valence electrons. The van der Waals surface area contributed by atoms with Crippen LogP contribution in [0.5, 0.6) is 0 Å². The fourth-order valence-electron chi connectivity index (χ4n) is 3.78. The quantitative estimate of drug-likeness (QED) is 0.680. The van der Waals surface area contributed by atoms with Crippen molar-refractivity contribution in [3.8, 4) is 0 Å². The molecule has 0 radical (unpaired) electrons. The number of rotatable bonds is 8. The monoisotopic (exact) mass is 443 g/mol. The van der Waals surface area contributed by atoms with Gasteiger partial charge in [0, 0.05) is 38.3 Å². The first-order valence-corrected chi connectivity index (χ1v) is 11.9. The van der Waals surface area contributed by atoms with E-state index in [1.165, 1.54) is 16.4 Å². The topological polar surface area (TPSA) is 86.8 Å². The van der Waals surface area contributed by atoms with Gasteiger partial charge in [0.15, 0.2) is 0 Å². The summed E-state index contributed by atoms with van der Waals surface area (Å²) in [4.78, 5) is 26.9. The van der Waals surface area contributed by atoms with Gasteiger partial charge < -0.3 is 10.2 Å². The Hall–Kier alpha value is -2.71. The zero-order valence-corrected chi connectivity index (χ0v) is 19.0. The molecule has 2 aromatic carbocycles. The molecule has 0 saturated carbocycles. The largest absolute Gasteiger partial charge is 0.352 e. The standard InChI is InChI=1S/C23H29N3O4S/c1-4-25(5-2)31(29,30)21-12-10-20(11-13-21)26-16-19(14-22(26)27)23(28)24-15-18-9-7-6-8-17(18)3/h6-13,19H,4-5,14-16H2,1-3H3,(H,24,28). The van der Waals surface area contributed by atoms with Crippen LogP contribution in [-0.4, -0.2) is 44.2 Å². The number of nitrogens with one attached hydrogen (secondary N) is 1. The summed E-state index contributed by atoms with van der Waals surface area (Å²) in [6.45, 7) is 7.07. The van der Waals surface area contributed by atoms with E-state index in [0.29, 0.717) is 25.3 Å². The molecule has 0 aromatic heterocycles. The van der Waals surface area contributed by atoms with E-state index in [1.807, 2.05) is 31.2 Å². The second-order valence-corrected chi connectivity index (χ2v) is 9.57. The lowest BCUT2D eigenvalue weighted by Gasteiger charge is -2.20. The van der Waals surface area contributed by atoms with E-state index in [2.05, 4.69) is 5.32 Å². The minimum atomic E-state index is -3.55. The number of nitrogens with zero attached hydrogens (tertiary/aromatic N) is 2. The number of hydrogen-bond donors (Lipinski definition) is 1. The van der Waals surface area contributed by atoms with Gasteiger partial charge in [0.05, 0.1) is 10.8 Å². The van der Waals surface area contributed by atoms with Gasteiger partial charge in [-0.25, -0.2) is 8.42 Å². The molecule has 8 heteroatoms. The molecule has 0 spiro atoms. The van der Waals surface area contributed by atoms with Gasteiger partial charge in [-0.3, -0.25) is 9.59 Å². The Labute approximate surface area is 184 Å². The third-order valence-corrected chi connectivity index (χ3v) is 7.77. The van der Waals surface area contributed by atoms with Gasteiger partial charge >= 0.3 is 0 Å². The molecule has 1 heterocycles. The molecular formula is C23H29N3O4S. The molecule has 2 aromatic rings. The predicted molar refractivity (Wildman–Crippen MR) is 120 cm³/mol. The molecule has 1 unspecified atom stereocenters. The van der Waals surface area contributed by atoms with Crippen molar-refractivity contribution < 1.29 is 18.0 Å². The van der Waals surface area contributed by atoms with Crippen LogP contribution in [0.2, 0.25) is 0 Å². The molecule has 1 aliphatic heterocycles. The molecule has 2 amide bonds. The minimum absolute atomic E-state index is 0.138. The van der Waals surface area contributed by atoms with Gasteiger partial charge in [-0.05, 0) is 42.3 Å². The highest BCUT2D eigenvalue weighted by Gasteiger charge is 2.35. The molecule has 1 N–H and O–H groups in total. The fourth-order valence-corrected chi connectivity index (χ4v) is 5.24. The van der Waals surface area contributed by atoms with E-state index >= 15 is 0 Å². The number of carbonyl (C=O) groups excluding carboxylic acids is 2. The number of aryl methyl sites for hydroxylation is 1. The number of sulfonamides is 1. The van der Waals surface area contributed by atoms with Crippen LogP contribution in [0.4, 0.5) is 5.69 Å². The Morgan fingerprint density at radius 2 is 1.74 bits per heavy atom. The summed E-state index contributed by atoms with van der Waals surface area (Å²) in [5.74, 6) is -0.731. The van der Waals surface area contributed by atoms with E-state index in [-0.39, 0.29) is 29.7 Å². The molecule has 1 atom stereocenters. The smallest absolute Gasteiger partial charge is 0.243 e. The molecule has 31 heavy (non-hydrogen) atoms. The summed E-state index contributed by atoms with van der Waals surface area (Å²) in [6.07, 6.45) is 0.138. The number of benzene rings is 2. The maximum atomic E-state index is 12.6. The molecule has 1 fully saturated rings. The summed E-state index contributed by atoms with van der Waals surface area (Å²) in [7, 11) is -3.55. The van der Waals surface area contributed by atoms with E-state index in [0.717, 1.165) is 11.1 Å². The Kier molecular flexibility index (Phi) is 7.12. The molecule has 3 rings (SSSR count). The van der Waals surface area contributed by atoms with Gasteiger partial charge in [-0.2, -0.15) is 4.31 Å². The van der Waals surface area contributed by atoms with Crippen molar-refractivity contribution in [3.05, 3.63) is 59.7 Å². The van der Waals surface area contributed by atoms with Crippen LogP contribution in [0.1, 0.15) is 31.4 Å². The van der Waals surface area contributed by atoms with Crippen molar-refractivity contribution >= 4 is 27.5 Å². The van der Waals surface area contributed by atoms with Crippen molar-refractivity contribution in [2.75, 3.05) is 24.5 Å². The van der Waals surface area contributed by atoms with E-state index in [1.54, 1.807) is 30.9 Å². The van der Waals surface area contributed by atoms with Crippen LogP contribution in [0.3, 0.4) is 0 Å². The highest BCUT2D eigenvalue weighted by Crippen LogP contribution is 2.27. The third kappa shape index (κ3) is 4.97. The Balaban J connectivity index is 1.66. The lowest BCUT2D eigenvalue weighted by Crippen LogP contribution is -2.33. The van der Waals surface area contributed by atoms with Gasteiger partial charge in [-0.1, -0.05) is 38.1 Å². The zero-order chi connectivity index (χ0) is 22.6. The normalized spacial score (nSPS) is 16.7. The van der Waals surface area contributed by atoms with Gasteiger partial charge in [-0.15, -0.1) is 0 Å². The molecule has 7 nitrogen and oxygen atoms in total. The first kappa shape index (κ1) is 23.0. The second-order valence-electron chi connectivity index (χ2n) is 7.63. The lowest BCUT2D eigenvalue weighted by molar-refractivity contribution is -0.126. The Morgan fingerprint density at radius 3 is 2.35 bits per heavy atom. The van der Waals surface area contributed by atoms with Crippen molar-refractivity contribution in [2.45, 2.75) is 38.6 Å². The summed E-state index contributed by atoms with van der Waals surface area (Å²) in [5, 5.41) is 2.93. The van der Waals surface area contributed by atoms with Crippen LogP contribution in [-0.2, 0) is 26.2 Å². The van der Waals surface area contributed by atoms with Crippen LogP contribution < -0.4 is 10.2 Å². The molecule has 1 aliphatic rings. The maximum absolute atomic E-state index is 12.6. The van der Waals surface area contributed by atoms with Crippen molar-refractivity contribution in [1.82, 2.24) is 9.62 Å².